The zero-order valence-corrected chi connectivity index (χ0v) is 11.8. The third-order valence-electron chi connectivity index (χ3n) is 3.83. The van der Waals surface area contributed by atoms with E-state index in [1.807, 2.05) is 6.92 Å². The minimum Gasteiger partial charge on any atom is -0.389 e. The van der Waals surface area contributed by atoms with Crippen molar-refractivity contribution < 1.29 is 4.39 Å². The van der Waals surface area contributed by atoms with Crippen LogP contribution in [0.1, 0.15) is 42.2 Å². The number of aryl methyl sites for hydroxylation is 1. The van der Waals surface area contributed by atoms with Gasteiger partial charge in [-0.2, -0.15) is 0 Å². The number of nitrogen functional groups attached to an aromatic ring is 1. The molecular formula is C15H17FN2S. The Morgan fingerprint density at radius 2 is 2.05 bits per heavy atom. The van der Waals surface area contributed by atoms with Crippen molar-refractivity contribution in [1.82, 2.24) is 4.98 Å². The van der Waals surface area contributed by atoms with Gasteiger partial charge in [-0.3, -0.25) is 0 Å². The molecule has 0 spiro atoms. The van der Waals surface area contributed by atoms with Crippen LogP contribution in [0, 0.1) is 12.7 Å². The van der Waals surface area contributed by atoms with Crippen LogP contribution < -0.4 is 5.73 Å². The Balaban J connectivity index is 2.02. The maximum absolute atomic E-state index is 13.4. The SMILES string of the molecule is Cc1ccc(F)cc1-c1nc(C2CCCC2)sc1N. The smallest absolute Gasteiger partial charge is 0.123 e. The van der Waals surface area contributed by atoms with E-state index < -0.39 is 0 Å². The monoisotopic (exact) mass is 276 g/mol. The molecule has 2 aromatic rings. The van der Waals surface area contributed by atoms with Gasteiger partial charge in [0.05, 0.1) is 5.01 Å². The van der Waals surface area contributed by atoms with Crippen LogP contribution in [0.15, 0.2) is 18.2 Å². The highest BCUT2D eigenvalue weighted by molar-refractivity contribution is 7.16. The molecule has 2 nitrogen and oxygen atoms in total. The lowest BCUT2D eigenvalue weighted by Crippen LogP contribution is -1.92. The van der Waals surface area contributed by atoms with Crippen LogP contribution in [0.3, 0.4) is 0 Å². The maximum atomic E-state index is 13.4. The molecule has 19 heavy (non-hydrogen) atoms. The summed E-state index contributed by atoms with van der Waals surface area (Å²) >= 11 is 1.57. The van der Waals surface area contributed by atoms with Gasteiger partial charge in [-0.1, -0.05) is 18.9 Å². The molecule has 2 N–H and O–H groups in total. The van der Waals surface area contributed by atoms with Gasteiger partial charge >= 0.3 is 0 Å². The Morgan fingerprint density at radius 1 is 1.32 bits per heavy atom. The number of benzene rings is 1. The molecule has 0 radical (unpaired) electrons. The molecule has 1 aliphatic carbocycles. The highest BCUT2D eigenvalue weighted by Gasteiger charge is 2.22. The first-order valence-corrected chi connectivity index (χ1v) is 7.49. The van der Waals surface area contributed by atoms with Crippen molar-refractivity contribution in [2.45, 2.75) is 38.5 Å². The summed E-state index contributed by atoms with van der Waals surface area (Å²) in [6, 6.07) is 4.77. The van der Waals surface area contributed by atoms with Crippen molar-refractivity contribution in [2.24, 2.45) is 0 Å². The number of nitrogens with zero attached hydrogens (tertiary/aromatic N) is 1. The molecule has 0 aliphatic heterocycles. The molecule has 0 atom stereocenters. The summed E-state index contributed by atoms with van der Waals surface area (Å²) < 4.78 is 13.4. The summed E-state index contributed by atoms with van der Waals surface area (Å²) in [7, 11) is 0. The summed E-state index contributed by atoms with van der Waals surface area (Å²) in [5.74, 6) is 0.310. The summed E-state index contributed by atoms with van der Waals surface area (Å²) in [6.07, 6.45) is 4.96. The van der Waals surface area contributed by atoms with Gasteiger partial charge in [-0.05, 0) is 37.5 Å². The molecular weight excluding hydrogens is 259 g/mol. The largest absolute Gasteiger partial charge is 0.389 e. The third-order valence-corrected chi connectivity index (χ3v) is 4.88. The number of anilines is 1. The van der Waals surface area contributed by atoms with Gasteiger partial charge in [0, 0.05) is 11.5 Å². The number of hydrogen-bond donors (Lipinski definition) is 1. The highest BCUT2D eigenvalue weighted by Crippen LogP contribution is 2.41. The van der Waals surface area contributed by atoms with Crippen molar-refractivity contribution in [1.29, 1.82) is 0 Å². The third kappa shape index (κ3) is 2.37. The van der Waals surface area contributed by atoms with Crippen LogP contribution in [0.5, 0.6) is 0 Å². The Labute approximate surface area is 116 Å². The fourth-order valence-corrected chi connectivity index (χ4v) is 3.76. The molecule has 3 rings (SSSR count). The summed E-state index contributed by atoms with van der Waals surface area (Å²) in [5.41, 5.74) is 8.68. The lowest BCUT2D eigenvalue weighted by Gasteiger charge is -2.04. The van der Waals surface area contributed by atoms with Crippen LogP contribution in [-0.4, -0.2) is 4.98 Å². The second kappa shape index (κ2) is 4.93. The Morgan fingerprint density at radius 3 is 2.79 bits per heavy atom. The molecule has 0 amide bonds. The van der Waals surface area contributed by atoms with Gasteiger partial charge in [-0.15, -0.1) is 11.3 Å². The van der Waals surface area contributed by atoms with E-state index in [1.54, 1.807) is 17.4 Å². The fraction of sp³-hybridized carbons (Fsp3) is 0.400. The van der Waals surface area contributed by atoms with E-state index in [0.717, 1.165) is 21.8 Å². The number of hydrogen-bond acceptors (Lipinski definition) is 3. The average molecular weight is 276 g/mol. The predicted molar refractivity (Wildman–Crippen MR) is 77.9 cm³/mol. The first-order valence-electron chi connectivity index (χ1n) is 6.68. The molecule has 1 heterocycles. The molecule has 100 valence electrons. The zero-order chi connectivity index (χ0) is 13.4. The Kier molecular flexibility index (Phi) is 3.27. The highest BCUT2D eigenvalue weighted by atomic mass is 32.1. The van der Waals surface area contributed by atoms with Crippen LogP contribution in [0.25, 0.3) is 11.3 Å². The number of thiazole rings is 1. The predicted octanol–water partition coefficient (Wildman–Crippen LogP) is 4.50. The second-order valence-electron chi connectivity index (χ2n) is 5.21. The first-order chi connectivity index (χ1) is 9.15. The van der Waals surface area contributed by atoms with Crippen LogP contribution >= 0.6 is 11.3 Å². The summed E-state index contributed by atoms with van der Waals surface area (Å²) in [5, 5.41) is 1.82. The quantitative estimate of drug-likeness (QED) is 0.877. The molecule has 1 fully saturated rings. The number of rotatable bonds is 2. The fourth-order valence-electron chi connectivity index (χ4n) is 2.74. The second-order valence-corrected chi connectivity index (χ2v) is 6.27. The van der Waals surface area contributed by atoms with Gasteiger partial charge in [-0.25, -0.2) is 9.37 Å². The summed E-state index contributed by atoms with van der Waals surface area (Å²) in [4.78, 5) is 4.69. The lowest BCUT2D eigenvalue weighted by atomic mass is 10.1. The molecule has 1 aliphatic rings. The lowest BCUT2D eigenvalue weighted by molar-refractivity contribution is 0.628. The topological polar surface area (TPSA) is 38.9 Å². The number of aromatic nitrogens is 1. The van der Waals surface area contributed by atoms with E-state index in [1.165, 1.54) is 37.8 Å². The maximum Gasteiger partial charge on any atom is 0.123 e. The standard InChI is InChI=1S/C15H17FN2S/c1-9-6-7-11(16)8-12(9)13-14(17)19-15(18-13)10-4-2-3-5-10/h6-8,10H,2-5,17H2,1H3. The number of halogens is 1. The minimum atomic E-state index is -0.240. The van der Waals surface area contributed by atoms with Gasteiger partial charge in [0.15, 0.2) is 0 Å². The van der Waals surface area contributed by atoms with Crippen LogP contribution in [0.2, 0.25) is 0 Å². The molecule has 0 bridgehead atoms. The first kappa shape index (κ1) is 12.6. The zero-order valence-electron chi connectivity index (χ0n) is 10.9. The van der Waals surface area contributed by atoms with E-state index in [2.05, 4.69) is 0 Å². The molecule has 0 unspecified atom stereocenters. The molecule has 1 saturated carbocycles. The molecule has 0 saturated heterocycles. The minimum absolute atomic E-state index is 0.240. The molecule has 1 aromatic heterocycles. The summed E-state index contributed by atoms with van der Waals surface area (Å²) in [6.45, 7) is 1.96. The molecule has 4 heteroatoms. The van der Waals surface area contributed by atoms with E-state index in [4.69, 9.17) is 10.7 Å². The van der Waals surface area contributed by atoms with E-state index >= 15 is 0 Å². The Bertz CT molecular complexity index is 600. The van der Waals surface area contributed by atoms with E-state index in [9.17, 15) is 4.39 Å². The Hall–Kier alpha value is -1.42. The van der Waals surface area contributed by atoms with Gasteiger partial charge in [0.2, 0.25) is 0 Å². The van der Waals surface area contributed by atoms with Crippen molar-refractivity contribution >= 4 is 16.3 Å². The van der Waals surface area contributed by atoms with Crippen molar-refractivity contribution in [3.05, 3.63) is 34.6 Å². The van der Waals surface area contributed by atoms with E-state index in [-0.39, 0.29) is 5.82 Å². The van der Waals surface area contributed by atoms with E-state index in [0.29, 0.717) is 10.9 Å². The van der Waals surface area contributed by atoms with Crippen molar-refractivity contribution in [3.63, 3.8) is 0 Å². The van der Waals surface area contributed by atoms with Gasteiger partial charge in [0.25, 0.3) is 0 Å². The normalized spacial score (nSPS) is 16.1. The number of nitrogens with two attached hydrogens (primary N) is 1. The van der Waals surface area contributed by atoms with Crippen LogP contribution in [0.4, 0.5) is 9.39 Å². The van der Waals surface area contributed by atoms with Crippen molar-refractivity contribution in [2.75, 3.05) is 5.73 Å². The van der Waals surface area contributed by atoms with Gasteiger partial charge < -0.3 is 5.73 Å². The van der Waals surface area contributed by atoms with Gasteiger partial charge in [0.1, 0.15) is 16.5 Å². The van der Waals surface area contributed by atoms with Crippen molar-refractivity contribution in [3.8, 4) is 11.3 Å². The molecule has 1 aromatic carbocycles. The average Bonchev–Trinajstić information content (AvgIpc) is 3.01. The van der Waals surface area contributed by atoms with Crippen LogP contribution in [-0.2, 0) is 0 Å².